The second kappa shape index (κ2) is 8.84. The number of rotatable bonds is 9. The number of carbonyl (C=O) groups excluding carboxylic acids is 1. The first-order valence-electron chi connectivity index (χ1n) is 7.47. The average molecular weight is 384 g/mol. The second-order valence-electron chi connectivity index (χ2n) is 5.05. The summed E-state index contributed by atoms with van der Waals surface area (Å²) in [4.78, 5) is 11.9. The van der Waals surface area contributed by atoms with Crippen molar-refractivity contribution in [3.8, 4) is 11.5 Å². The van der Waals surface area contributed by atoms with Crippen molar-refractivity contribution in [2.24, 2.45) is 0 Å². The minimum absolute atomic E-state index is 0.0397. The number of amides is 1. The molecule has 2 N–H and O–H groups in total. The van der Waals surface area contributed by atoms with E-state index in [4.69, 9.17) is 9.47 Å². The van der Waals surface area contributed by atoms with Crippen molar-refractivity contribution >= 4 is 27.3 Å². The Labute approximate surface area is 151 Å². The quantitative estimate of drug-likeness (QED) is 0.687. The number of ether oxygens (including phenoxy) is 2. The van der Waals surface area contributed by atoms with Gasteiger partial charge in [0, 0.05) is 19.5 Å². The van der Waals surface area contributed by atoms with E-state index in [1.165, 1.54) is 6.07 Å². The number of carbonyl (C=O) groups is 1. The van der Waals surface area contributed by atoms with Crippen molar-refractivity contribution in [3.05, 3.63) is 41.3 Å². The summed E-state index contributed by atoms with van der Waals surface area (Å²) in [5.41, 5.74) is 0.852. The highest BCUT2D eigenvalue weighted by atomic mass is 32.2. The summed E-state index contributed by atoms with van der Waals surface area (Å²) >= 11 is 1.13. The summed E-state index contributed by atoms with van der Waals surface area (Å²) in [5, 5.41) is 4.43. The predicted octanol–water partition coefficient (Wildman–Crippen LogP) is 1.75. The Hall–Kier alpha value is -2.10. The third-order valence-corrected chi connectivity index (χ3v) is 6.20. The molecular formula is C16H20N2O5S2. The first-order valence-corrected chi connectivity index (χ1v) is 9.83. The fourth-order valence-electron chi connectivity index (χ4n) is 2.07. The van der Waals surface area contributed by atoms with Gasteiger partial charge in [-0.05, 0) is 29.1 Å². The minimum atomic E-state index is -3.54. The van der Waals surface area contributed by atoms with Crippen LogP contribution in [0.5, 0.6) is 11.5 Å². The van der Waals surface area contributed by atoms with E-state index in [0.29, 0.717) is 18.0 Å². The molecule has 1 aromatic heterocycles. The lowest BCUT2D eigenvalue weighted by Gasteiger charge is -2.10. The van der Waals surface area contributed by atoms with Gasteiger partial charge in [-0.1, -0.05) is 12.1 Å². The highest BCUT2D eigenvalue weighted by molar-refractivity contribution is 7.91. The molecule has 0 radical (unpaired) electrons. The van der Waals surface area contributed by atoms with Gasteiger partial charge in [-0.25, -0.2) is 13.1 Å². The maximum absolute atomic E-state index is 11.9. The molecule has 2 aromatic rings. The van der Waals surface area contributed by atoms with Gasteiger partial charge in [-0.15, -0.1) is 11.3 Å². The smallest absolute Gasteiger partial charge is 0.250 e. The predicted molar refractivity (Wildman–Crippen MR) is 95.5 cm³/mol. The standard InChI is InChI=1S/C16H20N2O5S2/c1-22-13-6-5-12(10-14(13)23-2)11-17-15(19)7-8-18-25(20,21)16-4-3-9-24-16/h3-6,9-10,18H,7-8,11H2,1-2H3,(H,17,19). The Bertz CT molecular complexity index is 804. The summed E-state index contributed by atoms with van der Waals surface area (Å²) in [6.07, 6.45) is 0.0535. The molecule has 0 aliphatic heterocycles. The molecule has 0 aliphatic carbocycles. The van der Waals surface area contributed by atoms with Gasteiger partial charge in [0.15, 0.2) is 11.5 Å². The van der Waals surface area contributed by atoms with Crippen LogP contribution in [0, 0.1) is 0 Å². The van der Waals surface area contributed by atoms with E-state index < -0.39 is 10.0 Å². The molecule has 0 unspecified atom stereocenters. The Morgan fingerprint density at radius 1 is 1.16 bits per heavy atom. The van der Waals surface area contributed by atoms with Crippen molar-refractivity contribution in [2.45, 2.75) is 17.2 Å². The highest BCUT2D eigenvalue weighted by Gasteiger charge is 2.15. The lowest BCUT2D eigenvalue weighted by atomic mass is 10.2. The second-order valence-corrected chi connectivity index (χ2v) is 7.99. The van der Waals surface area contributed by atoms with Gasteiger partial charge in [0.1, 0.15) is 4.21 Å². The molecule has 0 aliphatic rings. The van der Waals surface area contributed by atoms with Crippen LogP contribution in [-0.4, -0.2) is 35.1 Å². The van der Waals surface area contributed by atoms with E-state index in [1.54, 1.807) is 37.8 Å². The molecule has 0 spiro atoms. The molecule has 0 bridgehead atoms. The molecule has 136 valence electrons. The summed E-state index contributed by atoms with van der Waals surface area (Å²) in [6.45, 7) is 0.356. The van der Waals surface area contributed by atoms with E-state index in [1.807, 2.05) is 6.07 Å². The van der Waals surface area contributed by atoms with Crippen molar-refractivity contribution in [2.75, 3.05) is 20.8 Å². The Morgan fingerprint density at radius 3 is 2.56 bits per heavy atom. The number of benzene rings is 1. The van der Waals surface area contributed by atoms with Crippen LogP contribution in [0.25, 0.3) is 0 Å². The normalized spacial score (nSPS) is 11.1. The summed E-state index contributed by atoms with van der Waals surface area (Å²) in [5.74, 6) is 0.946. The number of nitrogens with one attached hydrogen (secondary N) is 2. The van der Waals surface area contributed by atoms with Crippen LogP contribution in [-0.2, 0) is 21.4 Å². The van der Waals surface area contributed by atoms with Gasteiger partial charge >= 0.3 is 0 Å². The zero-order valence-electron chi connectivity index (χ0n) is 13.9. The SMILES string of the molecule is COc1ccc(CNC(=O)CCNS(=O)(=O)c2cccs2)cc1OC. The van der Waals surface area contributed by atoms with Gasteiger partial charge in [-0.3, -0.25) is 4.79 Å². The Kier molecular flexibility index (Phi) is 6.80. The minimum Gasteiger partial charge on any atom is -0.493 e. The molecule has 0 saturated heterocycles. The molecule has 1 heterocycles. The molecule has 2 rings (SSSR count). The Morgan fingerprint density at radius 2 is 1.92 bits per heavy atom. The zero-order valence-corrected chi connectivity index (χ0v) is 15.6. The van der Waals surface area contributed by atoms with Crippen LogP contribution in [0.3, 0.4) is 0 Å². The van der Waals surface area contributed by atoms with E-state index in [2.05, 4.69) is 10.0 Å². The molecule has 1 aromatic carbocycles. The van der Waals surface area contributed by atoms with Crippen LogP contribution in [0.1, 0.15) is 12.0 Å². The zero-order chi connectivity index (χ0) is 18.3. The van der Waals surface area contributed by atoms with E-state index in [0.717, 1.165) is 16.9 Å². The Balaban J connectivity index is 1.79. The monoisotopic (exact) mass is 384 g/mol. The third kappa shape index (κ3) is 5.45. The largest absolute Gasteiger partial charge is 0.493 e. The number of thiophene rings is 1. The molecule has 25 heavy (non-hydrogen) atoms. The number of methoxy groups -OCH3 is 2. The maximum atomic E-state index is 11.9. The van der Waals surface area contributed by atoms with E-state index in [-0.39, 0.29) is 23.1 Å². The molecule has 0 fully saturated rings. The molecular weight excluding hydrogens is 364 g/mol. The van der Waals surface area contributed by atoms with Gasteiger partial charge in [0.25, 0.3) is 0 Å². The number of sulfonamides is 1. The van der Waals surface area contributed by atoms with Gasteiger partial charge in [0.05, 0.1) is 14.2 Å². The van der Waals surface area contributed by atoms with Crippen molar-refractivity contribution < 1.29 is 22.7 Å². The molecule has 7 nitrogen and oxygen atoms in total. The van der Waals surface area contributed by atoms with E-state index in [9.17, 15) is 13.2 Å². The first kappa shape index (κ1) is 19.2. The summed E-state index contributed by atoms with van der Waals surface area (Å²) in [7, 11) is -0.445. The molecule has 9 heteroatoms. The molecule has 0 atom stereocenters. The van der Waals surface area contributed by atoms with Crippen molar-refractivity contribution in [1.82, 2.24) is 10.0 Å². The van der Waals surface area contributed by atoms with Crippen LogP contribution < -0.4 is 19.5 Å². The van der Waals surface area contributed by atoms with Gasteiger partial charge in [-0.2, -0.15) is 0 Å². The van der Waals surface area contributed by atoms with Crippen LogP contribution in [0.2, 0.25) is 0 Å². The third-order valence-electron chi connectivity index (χ3n) is 3.34. The first-order chi connectivity index (χ1) is 12.0. The van der Waals surface area contributed by atoms with Gasteiger partial charge in [0.2, 0.25) is 15.9 Å². The van der Waals surface area contributed by atoms with Crippen molar-refractivity contribution in [3.63, 3.8) is 0 Å². The van der Waals surface area contributed by atoms with Crippen LogP contribution in [0.15, 0.2) is 39.9 Å². The fraction of sp³-hybridized carbons (Fsp3) is 0.312. The van der Waals surface area contributed by atoms with Gasteiger partial charge < -0.3 is 14.8 Å². The van der Waals surface area contributed by atoms with Crippen LogP contribution >= 0.6 is 11.3 Å². The number of hydrogen-bond acceptors (Lipinski definition) is 6. The maximum Gasteiger partial charge on any atom is 0.250 e. The van der Waals surface area contributed by atoms with Crippen LogP contribution in [0.4, 0.5) is 0 Å². The highest BCUT2D eigenvalue weighted by Crippen LogP contribution is 2.27. The lowest BCUT2D eigenvalue weighted by molar-refractivity contribution is -0.121. The topological polar surface area (TPSA) is 93.7 Å². The fourth-order valence-corrected chi connectivity index (χ4v) is 4.14. The molecule has 1 amide bonds. The lowest BCUT2D eigenvalue weighted by Crippen LogP contribution is -2.30. The average Bonchev–Trinajstić information content (AvgIpc) is 3.15. The molecule has 0 saturated carbocycles. The summed E-state index contributed by atoms with van der Waals surface area (Å²) in [6, 6.07) is 8.54. The van der Waals surface area contributed by atoms with E-state index >= 15 is 0 Å². The number of hydrogen-bond donors (Lipinski definition) is 2. The van der Waals surface area contributed by atoms with Crippen molar-refractivity contribution in [1.29, 1.82) is 0 Å². The summed E-state index contributed by atoms with van der Waals surface area (Å²) < 4.78 is 36.9.